The molecule has 0 unspecified atom stereocenters. The van der Waals surface area contributed by atoms with Gasteiger partial charge in [-0.2, -0.15) is 0 Å². The molecule has 0 bridgehead atoms. The first-order valence-electron chi connectivity index (χ1n) is 2.11. The van der Waals surface area contributed by atoms with Crippen LogP contribution in [0.2, 0.25) is 0 Å². The highest BCUT2D eigenvalue weighted by molar-refractivity contribution is 5.85. The number of carboxylic acids is 1. The standard InChI is InChI=1S/C5H8O3/c1-4(3-8-2)5(6)7/h3H,1-2H3,(H,6,7). The van der Waals surface area contributed by atoms with Crippen LogP contribution in [0.3, 0.4) is 0 Å². The van der Waals surface area contributed by atoms with E-state index < -0.39 is 5.97 Å². The first kappa shape index (κ1) is 7.01. The van der Waals surface area contributed by atoms with Gasteiger partial charge in [-0.05, 0) is 6.92 Å². The van der Waals surface area contributed by atoms with Crippen molar-refractivity contribution in [3.63, 3.8) is 0 Å². The average Bonchev–Trinajstić information content (AvgIpc) is 1.67. The van der Waals surface area contributed by atoms with Gasteiger partial charge >= 0.3 is 5.97 Å². The van der Waals surface area contributed by atoms with Gasteiger partial charge in [0.25, 0.3) is 0 Å². The summed E-state index contributed by atoms with van der Waals surface area (Å²) in [6, 6.07) is 0. The van der Waals surface area contributed by atoms with E-state index >= 15 is 0 Å². The van der Waals surface area contributed by atoms with Crippen LogP contribution < -0.4 is 0 Å². The zero-order chi connectivity index (χ0) is 6.57. The molecule has 0 aliphatic carbocycles. The van der Waals surface area contributed by atoms with E-state index in [1.807, 2.05) is 0 Å². The van der Waals surface area contributed by atoms with E-state index in [9.17, 15) is 4.79 Å². The quantitative estimate of drug-likeness (QED) is 0.425. The van der Waals surface area contributed by atoms with Gasteiger partial charge in [-0.15, -0.1) is 0 Å². The summed E-state index contributed by atoms with van der Waals surface area (Å²) in [7, 11) is 1.41. The lowest BCUT2D eigenvalue weighted by Gasteiger charge is -1.89. The van der Waals surface area contributed by atoms with Crippen molar-refractivity contribution < 1.29 is 14.6 Å². The van der Waals surface area contributed by atoms with Crippen LogP contribution in [0.25, 0.3) is 0 Å². The Labute approximate surface area is 47.6 Å². The fourth-order valence-corrected chi connectivity index (χ4v) is 0.227. The highest BCUT2D eigenvalue weighted by Crippen LogP contribution is 1.89. The fraction of sp³-hybridized carbons (Fsp3) is 0.400. The Hall–Kier alpha value is -0.990. The van der Waals surface area contributed by atoms with E-state index in [1.54, 1.807) is 0 Å². The maximum absolute atomic E-state index is 9.94. The normalized spacial score (nSPS) is 11.0. The van der Waals surface area contributed by atoms with E-state index in [-0.39, 0.29) is 5.57 Å². The molecule has 0 radical (unpaired) electrons. The van der Waals surface area contributed by atoms with Gasteiger partial charge < -0.3 is 9.84 Å². The van der Waals surface area contributed by atoms with E-state index in [0.29, 0.717) is 0 Å². The van der Waals surface area contributed by atoms with E-state index in [1.165, 1.54) is 20.3 Å². The maximum atomic E-state index is 9.94. The summed E-state index contributed by atoms with van der Waals surface area (Å²) in [5.41, 5.74) is 0.201. The molecule has 3 heteroatoms. The Morgan fingerprint density at radius 1 is 1.75 bits per heavy atom. The zero-order valence-electron chi connectivity index (χ0n) is 4.84. The van der Waals surface area contributed by atoms with Gasteiger partial charge in [0.15, 0.2) is 0 Å². The first-order chi connectivity index (χ1) is 3.68. The Morgan fingerprint density at radius 3 is 2.38 bits per heavy atom. The minimum atomic E-state index is -0.952. The van der Waals surface area contributed by atoms with Crippen LogP contribution in [0.5, 0.6) is 0 Å². The Balaban J connectivity index is 3.80. The van der Waals surface area contributed by atoms with Crippen molar-refractivity contribution in [1.82, 2.24) is 0 Å². The number of aliphatic carboxylic acids is 1. The number of methoxy groups -OCH3 is 1. The maximum Gasteiger partial charge on any atom is 0.334 e. The predicted molar refractivity (Wildman–Crippen MR) is 28.4 cm³/mol. The minimum absolute atomic E-state index is 0.201. The Morgan fingerprint density at radius 2 is 2.25 bits per heavy atom. The molecule has 0 saturated carbocycles. The van der Waals surface area contributed by atoms with Crippen LogP contribution in [0, 0.1) is 0 Å². The summed E-state index contributed by atoms with van der Waals surface area (Å²) in [5, 5.41) is 8.16. The highest BCUT2D eigenvalue weighted by atomic mass is 16.5. The monoisotopic (exact) mass is 116 g/mol. The number of hydrogen-bond donors (Lipinski definition) is 1. The third-order valence-electron chi connectivity index (χ3n) is 0.632. The Bertz CT molecular complexity index is 115. The van der Waals surface area contributed by atoms with Crippen molar-refractivity contribution in [2.45, 2.75) is 6.92 Å². The van der Waals surface area contributed by atoms with Crippen LogP contribution in [0.1, 0.15) is 6.92 Å². The van der Waals surface area contributed by atoms with E-state index in [4.69, 9.17) is 5.11 Å². The summed E-state index contributed by atoms with van der Waals surface area (Å²) in [5.74, 6) is -0.952. The van der Waals surface area contributed by atoms with E-state index in [0.717, 1.165) is 0 Å². The molecule has 0 spiro atoms. The lowest BCUT2D eigenvalue weighted by molar-refractivity contribution is -0.132. The van der Waals surface area contributed by atoms with Gasteiger partial charge in [0.05, 0.1) is 18.9 Å². The van der Waals surface area contributed by atoms with Crippen LogP contribution in [-0.2, 0) is 9.53 Å². The molecule has 0 aliphatic rings. The van der Waals surface area contributed by atoms with Gasteiger partial charge in [-0.1, -0.05) is 0 Å². The molecule has 0 aliphatic heterocycles. The predicted octanol–water partition coefficient (Wildman–Crippen LogP) is 0.621. The highest BCUT2D eigenvalue weighted by Gasteiger charge is 1.96. The molecule has 0 aromatic rings. The topological polar surface area (TPSA) is 46.5 Å². The number of ether oxygens (including phenoxy) is 1. The van der Waals surface area contributed by atoms with Crippen molar-refractivity contribution >= 4 is 5.97 Å². The summed E-state index contributed by atoms with van der Waals surface area (Å²) < 4.78 is 4.42. The molecule has 3 nitrogen and oxygen atoms in total. The Kier molecular flexibility index (Phi) is 2.69. The summed E-state index contributed by atoms with van der Waals surface area (Å²) in [6.45, 7) is 1.46. The molecule has 0 heterocycles. The fourth-order valence-electron chi connectivity index (χ4n) is 0.227. The molecule has 0 amide bonds. The SMILES string of the molecule is COC=C(C)C(=O)O. The smallest absolute Gasteiger partial charge is 0.334 e. The molecule has 8 heavy (non-hydrogen) atoms. The van der Waals surface area contributed by atoms with Crippen molar-refractivity contribution in [1.29, 1.82) is 0 Å². The molecule has 0 fully saturated rings. The molecule has 0 aromatic carbocycles. The van der Waals surface area contributed by atoms with E-state index in [2.05, 4.69) is 4.74 Å². The van der Waals surface area contributed by atoms with Gasteiger partial charge in [0, 0.05) is 0 Å². The third-order valence-corrected chi connectivity index (χ3v) is 0.632. The van der Waals surface area contributed by atoms with Crippen LogP contribution in [-0.4, -0.2) is 18.2 Å². The van der Waals surface area contributed by atoms with Crippen molar-refractivity contribution in [2.75, 3.05) is 7.11 Å². The second kappa shape index (κ2) is 3.07. The van der Waals surface area contributed by atoms with Gasteiger partial charge in [0.2, 0.25) is 0 Å². The van der Waals surface area contributed by atoms with Crippen LogP contribution >= 0.6 is 0 Å². The molecule has 0 rings (SSSR count). The zero-order valence-corrected chi connectivity index (χ0v) is 4.84. The second-order valence-corrected chi connectivity index (χ2v) is 1.34. The first-order valence-corrected chi connectivity index (χ1v) is 2.11. The number of carbonyl (C=O) groups is 1. The average molecular weight is 116 g/mol. The van der Waals surface area contributed by atoms with Crippen LogP contribution in [0.15, 0.2) is 11.8 Å². The largest absolute Gasteiger partial charge is 0.504 e. The lowest BCUT2D eigenvalue weighted by Crippen LogP contribution is -1.95. The van der Waals surface area contributed by atoms with Crippen molar-refractivity contribution in [2.24, 2.45) is 0 Å². The molecular weight excluding hydrogens is 108 g/mol. The van der Waals surface area contributed by atoms with Gasteiger partial charge in [0.1, 0.15) is 0 Å². The molecule has 46 valence electrons. The minimum Gasteiger partial charge on any atom is -0.504 e. The van der Waals surface area contributed by atoms with Crippen LogP contribution in [0.4, 0.5) is 0 Å². The van der Waals surface area contributed by atoms with Crippen molar-refractivity contribution in [3.05, 3.63) is 11.8 Å². The van der Waals surface area contributed by atoms with Crippen molar-refractivity contribution in [3.8, 4) is 0 Å². The molecule has 1 N–H and O–H groups in total. The molecule has 0 atom stereocenters. The summed E-state index contributed by atoms with van der Waals surface area (Å²) in [4.78, 5) is 9.94. The van der Waals surface area contributed by atoms with Gasteiger partial charge in [-0.3, -0.25) is 0 Å². The third kappa shape index (κ3) is 2.23. The molecule has 0 saturated heterocycles. The second-order valence-electron chi connectivity index (χ2n) is 1.34. The number of rotatable bonds is 2. The lowest BCUT2D eigenvalue weighted by atomic mass is 10.4. The number of carboxylic acid groups (broad SMARTS) is 1. The molecule has 0 aromatic heterocycles. The van der Waals surface area contributed by atoms with Gasteiger partial charge in [-0.25, -0.2) is 4.79 Å². The number of hydrogen-bond acceptors (Lipinski definition) is 2. The summed E-state index contributed by atoms with van der Waals surface area (Å²) in [6.07, 6.45) is 1.18. The summed E-state index contributed by atoms with van der Waals surface area (Å²) >= 11 is 0. The molecular formula is C5H8O3.